The lowest BCUT2D eigenvalue weighted by atomic mass is 9.96. The Labute approximate surface area is 176 Å². The van der Waals surface area contributed by atoms with Crippen LogP contribution in [0.4, 0.5) is 0 Å². The maximum absolute atomic E-state index is 13.3. The molecule has 1 atom stereocenters. The van der Waals surface area contributed by atoms with Crippen molar-refractivity contribution in [1.29, 1.82) is 0 Å². The minimum absolute atomic E-state index is 0.248. The van der Waals surface area contributed by atoms with Crippen molar-refractivity contribution in [1.82, 2.24) is 4.57 Å². The topological polar surface area (TPSA) is 83.0 Å². The second kappa shape index (κ2) is 7.79. The Hall–Kier alpha value is -3.39. The third-order valence-corrected chi connectivity index (χ3v) is 5.88. The van der Waals surface area contributed by atoms with Gasteiger partial charge in [-0.05, 0) is 43.7 Å². The van der Waals surface area contributed by atoms with Crippen molar-refractivity contribution in [3.8, 4) is 5.75 Å². The van der Waals surface area contributed by atoms with Crippen molar-refractivity contribution in [3.63, 3.8) is 0 Å². The second-order valence-corrected chi connectivity index (χ2v) is 7.80. The molecule has 0 bridgehead atoms. The summed E-state index contributed by atoms with van der Waals surface area (Å²) < 4.78 is 17.8. The van der Waals surface area contributed by atoms with Crippen LogP contribution in [0.15, 0.2) is 61.9 Å². The van der Waals surface area contributed by atoms with E-state index < -0.39 is 12.0 Å². The number of hydrogen-bond donors (Lipinski definition) is 0. The van der Waals surface area contributed by atoms with Crippen LogP contribution < -0.4 is 19.6 Å². The maximum Gasteiger partial charge on any atom is 0.338 e. The zero-order chi connectivity index (χ0) is 21.4. The average molecular weight is 424 g/mol. The van der Waals surface area contributed by atoms with E-state index in [4.69, 9.17) is 13.9 Å². The van der Waals surface area contributed by atoms with Crippen LogP contribution in [-0.2, 0) is 9.53 Å². The van der Waals surface area contributed by atoms with E-state index >= 15 is 0 Å². The van der Waals surface area contributed by atoms with Gasteiger partial charge in [0.15, 0.2) is 4.80 Å². The summed E-state index contributed by atoms with van der Waals surface area (Å²) in [7, 11) is 2.90. The third-order valence-electron chi connectivity index (χ3n) is 4.89. The Morgan fingerprint density at radius 3 is 2.50 bits per heavy atom. The summed E-state index contributed by atoms with van der Waals surface area (Å²) in [6, 6.07) is 10.2. The lowest BCUT2D eigenvalue weighted by Gasteiger charge is -2.24. The van der Waals surface area contributed by atoms with Crippen LogP contribution in [0.3, 0.4) is 0 Å². The fourth-order valence-electron chi connectivity index (χ4n) is 3.45. The molecule has 1 aliphatic rings. The predicted molar refractivity (Wildman–Crippen MR) is 112 cm³/mol. The van der Waals surface area contributed by atoms with E-state index in [-0.39, 0.29) is 5.56 Å². The number of hydrogen-bond acceptors (Lipinski definition) is 7. The van der Waals surface area contributed by atoms with Crippen LogP contribution in [0.5, 0.6) is 5.75 Å². The number of nitrogens with zero attached hydrogens (tertiary/aromatic N) is 2. The van der Waals surface area contributed by atoms with Gasteiger partial charge in [-0.2, -0.15) is 0 Å². The molecule has 30 heavy (non-hydrogen) atoms. The highest BCUT2D eigenvalue weighted by Crippen LogP contribution is 2.31. The van der Waals surface area contributed by atoms with Crippen LogP contribution in [0.25, 0.3) is 6.08 Å². The molecular weight excluding hydrogens is 404 g/mol. The minimum atomic E-state index is -0.653. The van der Waals surface area contributed by atoms with Crippen molar-refractivity contribution in [3.05, 3.63) is 84.4 Å². The molecule has 8 heteroatoms. The summed E-state index contributed by atoms with van der Waals surface area (Å²) in [6.07, 6.45) is 1.69. The zero-order valence-corrected chi connectivity index (χ0v) is 17.8. The summed E-state index contributed by atoms with van der Waals surface area (Å²) in [6.45, 7) is 3.59. The second-order valence-electron chi connectivity index (χ2n) is 6.79. The van der Waals surface area contributed by atoms with Crippen LogP contribution in [-0.4, -0.2) is 24.8 Å². The van der Waals surface area contributed by atoms with Gasteiger partial charge in [-0.3, -0.25) is 9.36 Å². The zero-order valence-electron chi connectivity index (χ0n) is 17.0. The molecule has 7 nitrogen and oxygen atoms in total. The number of aryl methyl sites for hydroxylation is 1. The fraction of sp³-hybridized carbons (Fsp3) is 0.227. The first-order valence-electron chi connectivity index (χ1n) is 9.24. The van der Waals surface area contributed by atoms with Crippen LogP contribution in [0.2, 0.25) is 0 Å². The van der Waals surface area contributed by atoms with Gasteiger partial charge in [0.05, 0.1) is 36.1 Å². The molecule has 0 unspecified atom stereocenters. The molecule has 3 heterocycles. The number of carbonyl (C=O) groups excluding carboxylic acids is 1. The van der Waals surface area contributed by atoms with E-state index in [1.54, 1.807) is 38.3 Å². The molecule has 3 aromatic rings. The van der Waals surface area contributed by atoms with Crippen molar-refractivity contribution < 1.29 is 18.7 Å². The SMILES string of the molecule is COC(=O)C1=C(C)N=c2sc(=Cc3ccc(C)o3)c(=O)n2[C@@H]1c1ccc(OC)cc1. The highest BCUT2D eigenvalue weighted by Gasteiger charge is 2.33. The largest absolute Gasteiger partial charge is 0.497 e. The van der Waals surface area contributed by atoms with E-state index in [1.807, 2.05) is 25.1 Å². The van der Waals surface area contributed by atoms with Gasteiger partial charge in [0, 0.05) is 6.08 Å². The van der Waals surface area contributed by atoms with Gasteiger partial charge in [0.25, 0.3) is 5.56 Å². The normalized spacial score (nSPS) is 16.3. The van der Waals surface area contributed by atoms with Gasteiger partial charge in [-0.25, -0.2) is 9.79 Å². The van der Waals surface area contributed by atoms with Gasteiger partial charge < -0.3 is 13.9 Å². The molecule has 2 aromatic heterocycles. The quantitative estimate of drug-likeness (QED) is 0.601. The smallest absolute Gasteiger partial charge is 0.338 e. The molecule has 0 spiro atoms. The van der Waals surface area contributed by atoms with Crippen molar-refractivity contribution >= 4 is 23.4 Å². The predicted octanol–water partition coefficient (Wildman–Crippen LogP) is 2.32. The molecule has 0 radical (unpaired) electrons. The Morgan fingerprint density at radius 1 is 1.17 bits per heavy atom. The number of fused-ring (bicyclic) bond motifs is 1. The van der Waals surface area contributed by atoms with Gasteiger partial charge >= 0.3 is 5.97 Å². The minimum Gasteiger partial charge on any atom is -0.497 e. The van der Waals surface area contributed by atoms with Gasteiger partial charge in [-0.15, -0.1) is 0 Å². The first-order chi connectivity index (χ1) is 14.4. The number of aromatic nitrogens is 1. The average Bonchev–Trinajstić information content (AvgIpc) is 3.29. The Morgan fingerprint density at radius 2 is 1.90 bits per heavy atom. The molecule has 0 saturated carbocycles. The number of methoxy groups -OCH3 is 2. The number of benzene rings is 1. The van der Waals surface area contributed by atoms with E-state index in [9.17, 15) is 9.59 Å². The summed E-state index contributed by atoms with van der Waals surface area (Å²) in [5, 5.41) is 0. The number of furan rings is 1. The molecule has 0 saturated heterocycles. The standard InChI is InChI=1S/C22H20N2O5S/c1-12-5-8-16(29-12)11-17-20(25)24-19(14-6-9-15(27-3)10-7-14)18(21(26)28-4)13(2)23-22(24)30-17/h5-11,19H,1-4H3/t19-/m1/s1. The summed E-state index contributed by atoms with van der Waals surface area (Å²) >= 11 is 1.25. The van der Waals surface area contributed by atoms with Crippen molar-refractivity contribution in [2.45, 2.75) is 19.9 Å². The lowest BCUT2D eigenvalue weighted by Crippen LogP contribution is -2.39. The van der Waals surface area contributed by atoms with Gasteiger partial charge in [0.2, 0.25) is 0 Å². The van der Waals surface area contributed by atoms with Crippen molar-refractivity contribution in [2.24, 2.45) is 4.99 Å². The number of carbonyl (C=O) groups is 1. The number of esters is 1. The molecular formula is C22H20N2O5S. The molecule has 0 aliphatic carbocycles. The number of ether oxygens (including phenoxy) is 2. The van der Waals surface area contributed by atoms with Crippen LogP contribution in [0.1, 0.15) is 30.0 Å². The van der Waals surface area contributed by atoms with E-state index in [0.29, 0.717) is 32.1 Å². The van der Waals surface area contributed by atoms with E-state index in [0.717, 1.165) is 11.3 Å². The first kappa shape index (κ1) is 19.9. The lowest BCUT2D eigenvalue weighted by molar-refractivity contribution is -0.136. The van der Waals surface area contributed by atoms with E-state index in [2.05, 4.69) is 4.99 Å². The maximum atomic E-state index is 13.3. The molecule has 0 fully saturated rings. The first-order valence-corrected chi connectivity index (χ1v) is 10.1. The fourth-order valence-corrected chi connectivity index (χ4v) is 4.48. The third kappa shape index (κ3) is 3.39. The molecule has 0 amide bonds. The highest BCUT2D eigenvalue weighted by molar-refractivity contribution is 7.07. The van der Waals surface area contributed by atoms with E-state index in [1.165, 1.54) is 23.0 Å². The van der Waals surface area contributed by atoms with Gasteiger partial charge in [0.1, 0.15) is 17.3 Å². The number of thiazole rings is 1. The molecule has 1 aliphatic heterocycles. The highest BCUT2D eigenvalue weighted by atomic mass is 32.1. The van der Waals surface area contributed by atoms with Crippen LogP contribution >= 0.6 is 11.3 Å². The number of allylic oxidation sites excluding steroid dienone is 1. The monoisotopic (exact) mass is 424 g/mol. The summed E-state index contributed by atoms with van der Waals surface area (Å²) in [5.41, 5.74) is 1.36. The molecule has 154 valence electrons. The Balaban J connectivity index is 1.96. The summed E-state index contributed by atoms with van der Waals surface area (Å²) in [5.74, 6) is 1.50. The van der Waals surface area contributed by atoms with Gasteiger partial charge in [-0.1, -0.05) is 23.5 Å². The molecule has 1 aromatic carbocycles. The Bertz CT molecular complexity index is 1330. The van der Waals surface area contributed by atoms with Crippen molar-refractivity contribution in [2.75, 3.05) is 14.2 Å². The Kier molecular flexibility index (Phi) is 5.17. The van der Waals surface area contributed by atoms with Crippen LogP contribution in [0, 0.1) is 6.92 Å². The molecule has 0 N–H and O–H groups in total. The molecule has 4 rings (SSSR count). The number of rotatable bonds is 4. The summed E-state index contributed by atoms with van der Waals surface area (Å²) in [4.78, 5) is 31.0.